The minimum absolute atomic E-state index is 0.0668. The van der Waals surface area contributed by atoms with E-state index in [9.17, 15) is 9.59 Å². The summed E-state index contributed by atoms with van der Waals surface area (Å²) in [6.07, 6.45) is 3.55. The van der Waals surface area contributed by atoms with E-state index in [-0.39, 0.29) is 23.7 Å². The van der Waals surface area contributed by atoms with Gasteiger partial charge >= 0.3 is 5.97 Å². The monoisotopic (exact) mass is 296 g/mol. The summed E-state index contributed by atoms with van der Waals surface area (Å²) in [5, 5.41) is 11.9. The van der Waals surface area contributed by atoms with Crippen molar-refractivity contribution in [2.75, 3.05) is 13.6 Å². The predicted octanol–water partition coefficient (Wildman–Crippen LogP) is 2.21. The summed E-state index contributed by atoms with van der Waals surface area (Å²) in [6.45, 7) is 2.68. The van der Waals surface area contributed by atoms with Crippen LogP contribution in [-0.2, 0) is 9.59 Å². The molecule has 110 valence electrons. The third kappa shape index (κ3) is 3.36. The van der Waals surface area contributed by atoms with Gasteiger partial charge in [0.15, 0.2) is 0 Å². The maximum Gasteiger partial charge on any atom is 0.306 e. The molecule has 1 aliphatic carbocycles. The van der Waals surface area contributed by atoms with Crippen LogP contribution in [0.15, 0.2) is 11.6 Å². The number of carbonyl (C=O) groups excluding carboxylic acids is 1. The highest BCUT2D eigenvalue weighted by molar-refractivity contribution is 7.09. The van der Waals surface area contributed by atoms with Crippen molar-refractivity contribution in [3.63, 3.8) is 0 Å². The van der Waals surface area contributed by atoms with Gasteiger partial charge in [-0.2, -0.15) is 0 Å². The summed E-state index contributed by atoms with van der Waals surface area (Å²) >= 11 is 1.59. The van der Waals surface area contributed by atoms with Crippen molar-refractivity contribution in [2.45, 2.75) is 32.1 Å². The van der Waals surface area contributed by atoms with Gasteiger partial charge in [-0.3, -0.25) is 9.59 Å². The Kier molecular flexibility index (Phi) is 4.75. The number of amides is 1. The minimum atomic E-state index is -0.779. The standard InChI is InChI=1S/C14H20N2O3S/c1-9(12-15-5-6-20-12)8-16(2)13(17)10-3-4-11(7-10)14(18)19/h5-6,9-11H,3-4,7-8H2,1-2H3,(H,18,19)/t9?,10-,11+/m1/s1. The molecule has 0 aliphatic heterocycles. The average Bonchev–Trinajstić information content (AvgIpc) is 3.08. The van der Waals surface area contributed by atoms with Crippen LogP contribution in [0.4, 0.5) is 0 Å². The van der Waals surface area contributed by atoms with Gasteiger partial charge in [0.25, 0.3) is 0 Å². The van der Waals surface area contributed by atoms with Gasteiger partial charge in [0, 0.05) is 37.0 Å². The number of thiazole rings is 1. The SMILES string of the molecule is CC(CN(C)C(=O)[C@@H]1CC[C@H](C(=O)O)C1)c1nccs1. The second kappa shape index (κ2) is 6.35. The van der Waals surface area contributed by atoms with Crippen LogP contribution in [0, 0.1) is 11.8 Å². The van der Waals surface area contributed by atoms with Gasteiger partial charge in [-0.1, -0.05) is 6.92 Å². The van der Waals surface area contributed by atoms with Gasteiger partial charge < -0.3 is 10.0 Å². The number of carboxylic acids is 1. The first-order chi connectivity index (χ1) is 9.49. The molecule has 1 fully saturated rings. The largest absolute Gasteiger partial charge is 0.481 e. The van der Waals surface area contributed by atoms with Crippen LogP contribution in [0.1, 0.15) is 37.1 Å². The lowest BCUT2D eigenvalue weighted by Gasteiger charge is -2.23. The fraction of sp³-hybridized carbons (Fsp3) is 0.643. The van der Waals surface area contributed by atoms with Crippen molar-refractivity contribution < 1.29 is 14.7 Å². The van der Waals surface area contributed by atoms with Crippen LogP contribution in [0.2, 0.25) is 0 Å². The van der Waals surface area contributed by atoms with Crippen LogP contribution in [0.25, 0.3) is 0 Å². The summed E-state index contributed by atoms with van der Waals surface area (Å²) in [5.74, 6) is -0.991. The Bertz CT molecular complexity index is 475. The highest BCUT2D eigenvalue weighted by Crippen LogP contribution is 2.32. The lowest BCUT2D eigenvalue weighted by Crippen LogP contribution is -2.34. The number of hydrogen-bond acceptors (Lipinski definition) is 4. The number of likely N-dealkylation sites (N-methyl/N-ethyl adjacent to an activating group) is 1. The molecule has 1 aromatic rings. The van der Waals surface area contributed by atoms with Gasteiger partial charge in [-0.05, 0) is 19.3 Å². The molecule has 3 atom stereocenters. The molecule has 0 aromatic carbocycles. The van der Waals surface area contributed by atoms with Gasteiger partial charge in [0.2, 0.25) is 5.91 Å². The third-order valence-electron chi connectivity index (χ3n) is 3.93. The predicted molar refractivity (Wildman–Crippen MR) is 76.6 cm³/mol. The third-order valence-corrected chi connectivity index (χ3v) is 4.94. The van der Waals surface area contributed by atoms with Crippen LogP contribution < -0.4 is 0 Å². The molecule has 0 spiro atoms. The topological polar surface area (TPSA) is 70.5 Å². The Balaban J connectivity index is 1.88. The fourth-order valence-electron chi connectivity index (χ4n) is 2.80. The lowest BCUT2D eigenvalue weighted by atomic mass is 10.0. The van der Waals surface area contributed by atoms with E-state index in [0.29, 0.717) is 25.8 Å². The van der Waals surface area contributed by atoms with Crippen molar-refractivity contribution in [1.82, 2.24) is 9.88 Å². The Morgan fingerprint density at radius 3 is 2.75 bits per heavy atom. The molecule has 0 saturated heterocycles. The molecule has 5 nitrogen and oxygen atoms in total. The summed E-state index contributed by atoms with van der Waals surface area (Å²) in [7, 11) is 1.79. The zero-order valence-corrected chi connectivity index (χ0v) is 12.6. The number of hydrogen-bond donors (Lipinski definition) is 1. The van der Waals surface area contributed by atoms with Crippen molar-refractivity contribution in [3.05, 3.63) is 16.6 Å². The van der Waals surface area contributed by atoms with Gasteiger partial charge in [-0.15, -0.1) is 11.3 Å². The van der Waals surface area contributed by atoms with E-state index in [4.69, 9.17) is 5.11 Å². The molecule has 1 heterocycles. The van der Waals surface area contributed by atoms with Crippen LogP contribution >= 0.6 is 11.3 Å². The Morgan fingerprint density at radius 1 is 1.50 bits per heavy atom. The van der Waals surface area contributed by atoms with Crippen molar-refractivity contribution in [3.8, 4) is 0 Å². The first-order valence-corrected chi connectivity index (χ1v) is 7.74. The second-order valence-electron chi connectivity index (χ2n) is 5.54. The molecule has 2 rings (SSSR count). The molecule has 0 bridgehead atoms. The van der Waals surface area contributed by atoms with E-state index in [2.05, 4.69) is 11.9 Å². The smallest absolute Gasteiger partial charge is 0.306 e. The zero-order chi connectivity index (χ0) is 14.7. The number of rotatable bonds is 5. The summed E-state index contributed by atoms with van der Waals surface area (Å²) < 4.78 is 0. The first-order valence-electron chi connectivity index (χ1n) is 6.86. The summed E-state index contributed by atoms with van der Waals surface area (Å²) in [6, 6.07) is 0. The Labute approximate surface area is 122 Å². The Morgan fingerprint density at radius 2 is 2.20 bits per heavy atom. The van der Waals surface area contributed by atoms with Crippen molar-refractivity contribution >= 4 is 23.2 Å². The van der Waals surface area contributed by atoms with E-state index >= 15 is 0 Å². The molecule has 1 aliphatic rings. The Hall–Kier alpha value is -1.43. The van der Waals surface area contributed by atoms with E-state index in [1.54, 1.807) is 29.5 Å². The van der Waals surface area contributed by atoms with E-state index in [0.717, 1.165) is 5.01 Å². The maximum atomic E-state index is 12.3. The zero-order valence-electron chi connectivity index (χ0n) is 11.8. The average molecular weight is 296 g/mol. The number of aliphatic carboxylic acids is 1. The van der Waals surface area contributed by atoms with Crippen LogP contribution in [0.3, 0.4) is 0 Å². The quantitative estimate of drug-likeness (QED) is 0.904. The second-order valence-corrected chi connectivity index (χ2v) is 6.46. The first kappa shape index (κ1) is 15.0. The highest BCUT2D eigenvalue weighted by atomic mass is 32.1. The highest BCUT2D eigenvalue weighted by Gasteiger charge is 2.35. The van der Waals surface area contributed by atoms with Crippen molar-refractivity contribution in [1.29, 1.82) is 0 Å². The van der Waals surface area contributed by atoms with E-state index in [1.165, 1.54) is 0 Å². The summed E-state index contributed by atoms with van der Waals surface area (Å²) in [4.78, 5) is 29.3. The van der Waals surface area contributed by atoms with Gasteiger partial charge in [-0.25, -0.2) is 4.98 Å². The number of carboxylic acid groups (broad SMARTS) is 1. The molecular weight excluding hydrogens is 276 g/mol. The number of aromatic nitrogens is 1. The van der Waals surface area contributed by atoms with E-state index in [1.807, 2.05) is 5.38 Å². The molecule has 1 aromatic heterocycles. The van der Waals surface area contributed by atoms with Gasteiger partial charge in [0.1, 0.15) is 0 Å². The van der Waals surface area contributed by atoms with Crippen LogP contribution in [-0.4, -0.2) is 40.5 Å². The van der Waals surface area contributed by atoms with Crippen LogP contribution in [0.5, 0.6) is 0 Å². The maximum absolute atomic E-state index is 12.3. The van der Waals surface area contributed by atoms with Gasteiger partial charge in [0.05, 0.1) is 10.9 Å². The molecule has 1 amide bonds. The molecule has 20 heavy (non-hydrogen) atoms. The lowest BCUT2D eigenvalue weighted by molar-refractivity contribution is -0.141. The molecule has 1 N–H and O–H groups in total. The van der Waals surface area contributed by atoms with E-state index < -0.39 is 5.97 Å². The number of nitrogens with zero attached hydrogens (tertiary/aromatic N) is 2. The normalized spacial score (nSPS) is 23.5. The summed E-state index contributed by atoms with van der Waals surface area (Å²) in [5.41, 5.74) is 0. The minimum Gasteiger partial charge on any atom is -0.481 e. The molecule has 0 radical (unpaired) electrons. The van der Waals surface area contributed by atoms with Crippen molar-refractivity contribution in [2.24, 2.45) is 11.8 Å². The molecule has 1 saturated carbocycles. The molecule has 6 heteroatoms. The molecular formula is C14H20N2O3S. The number of carbonyl (C=O) groups is 2. The fourth-order valence-corrected chi connectivity index (χ4v) is 3.49. The molecule has 1 unspecified atom stereocenters.